The summed E-state index contributed by atoms with van der Waals surface area (Å²) >= 11 is 2.65. The maximum absolute atomic E-state index is 12.7. The third-order valence-corrected chi connectivity index (χ3v) is 5.57. The molecule has 3 rings (SSSR count). The minimum atomic E-state index is -2.25. The number of hydrogen-bond acceptors (Lipinski definition) is 5. The molecule has 126 valence electrons. The SMILES string of the molecule is FC(F)=C(F)CCSc1ncc(C2=NOC(c3ccccc3)C2)s1. The fourth-order valence-electron chi connectivity index (χ4n) is 2.15. The Morgan fingerprint density at radius 3 is 2.79 bits per heavy atom. The van der Waals surface area contributed by atoms with Gasteiger partial charge in [-0.15, -0.1) is 11.3 Å². The summed E-state index contributed by atoms with van der Waals surface area (Å²) in [4.78, 5) is 10.6. The van der Waals surface area contributed by atoms with Gasteiger partial charge in [-0.1, -0.05) is 47.2 Å². The van der Waals surface area contributed by atoms with Crippen molar-refractivity contribution in [3.63, 3.8) is 0 Å². The molecule has 2 aromatic rings. The zero-order valence-corrected chi connectivity index (χ0v) is 14.0. The first-order chi connectivity index (χ1) is 11.6. The van der Waals surface area contributed by atoms with E-state index < -0.39 is 11.9 Å². The molecule has 1 aromatic heterocycles. The molecular weight excluding hydrogens is 357 g/mol. The zero-order valence-electron chi connectivity index (χ0n) is 12.4. The van der Waals surface area contributed by atoms with Crippen molar-refractivity contribution in [3.8, 4) is 0 Å². The number of benzene rings is 1. The van der Waals surface area contributed by atoms with E-state index in [0.29, 0.717) is 10.8 Å². The Kier molecular flexibility index (Phi) is 5.57. The number of thioether (sulfide) groups is 1. The van der Waals surface area contributed by atoms with E-state index in [1.165, 1.54) is 23.1 Å². The number of allylic oxidation sites excluding steroid dienone is 1. The summed E-state index contributed by atoms with van der Waals surface area (Å²) in [5, 5.41) is 4.12. The fourth-order valence-corrected chi connectivity index (χ4v) is 4.13. The van der Waals surface area contributed by atoms with Gasteiger partial charge in [0.05, 0.1) is 4.88 Å². The van der Waals surface area contributed by atoms with Crippen LogP contribution in [0.4, 0.5) is 13.2 Å². The summed E-state index contributed by atoms with van der Waals surface area (Å²) < 4.78 is 37.4. The molecule has 0 N–H and O–H groups in total. The molecule has 0 amide bonds. The fraction of sp³-hybridized carbons (Fsp3) is 0.250. The number of thiazole rings is 1. The molecule has 1 aliphatic heterocycles. The van der Waals surface area contributed by atoms with Crippen molar-refractivity contribution in [2.24, 2.45) is 5.16 Å². The predicted octanol–water partition coefficient (Wildman–Crippen LogP) is 5.57. The lowest BCUT2D eigenvalue weighted by Gasteiger charge is -2.06. The van der Waals surface area contributed by atoms with Crippen LogP contribution in [-0.2, 0) is 4.84 Å². The van der Waals surface area contributed by atoms with Gasteiger partial charge in [0.1, 0.15) is 10.1 Å². The van der Waals surface area contributed by atoms with Gasteiger partial charge in [0, 0.05) is 24.8 Å². The second-order valence-electron chi connectivity index (χ2n) is 5.00. The van der Waals surface area contributed by atoms with E-state index >= 15 is 0 Å². The Labute approximate surface area is 145 Å². The van der Waals surface area contributed by atoms with Crippen LogP contribution in [0, 0.1) is 0 Å². The highest BCUT2D eigenvalue weighted by molar-refractivity contribution is 8.01. The first kappa shape index (κ1) is 17.0. The number of aromatic nitrogens is 1. The number of nitrogens with zero attached hydrogens (tertiary/aromatic N) is 2. The van der Waals surface area contributed by atoms with Gasteiger partial charge < -0.3 is 4.84 Å². The quantitative estimate of drug-likeness (QED) is 0.624. The zero-order chi connectivity index (χ0) is 16.9. The molecule has 1 aromatic carbocycles. The largest absolute Gasteiger partial charge is 0.387 e. The Hall–Kier alpha value is -1.80. The van der Waals surface area contributed by atoms with Gasteiger partial charge in [-0.05, 0) is 5.56 Å². The average molecular weight is 370 g/mol. The smallest absolute Gasteiger partial charge is 0.301 e. The van der Waals surface area contributed by atoms with Crippen LogP contribution >= 0.6 is 23.1 Å². The summed E-state index contributed by atoms with van der Waals surface area (Å²) in [6.07, 6.45) is -0.321. The van der Waals surface area contributed by atoms with E-state index in [1.54, 1.807) is 6.20 Å². The molecule has 0 bridgehead atoms. The van der Waals surface area contributed by atoms with Crippen LogP contribution < -0.4 is 0 Å². The third kappa shape index (κ3) is 4.18. The highest BCUT2D eigenvalue weighted by atomic mass is 32.2. The van der Waals surface area contributed by atoms with Crippen LogP contribution in [0.3, 0.4) is 0 Å². The summed E-state index contributed by atoms with van der Waals surface area (Å²) in [5.41, 5.74) is 1.87. The predicted molar refractivity (Wildman–Crippen MR) is 89.2 cm³/mol. The van der Waals surface area contributed by atoms with Crippen LogP contribution in [-0.4, -0.2) is 16.4 Å². The molecule has 0 saturated carbocycles. The average Bonchev–Trinajstić information content (AvgIpc) is 3.24. The number of hydrogen-bond donors (Lipinski definition) is 0. The molecule has 2 heterocycles. The number of oxime groups is 1. The monoisotopic (exact) mass is 370 g/mol. The van der Waals surface area contributed by atoms with Crippen molar-refractivity contribution in [3.05, 3.63) is 58.9 Å². The van der Waals surface area contributed by atoms with Crippen LogP contribution in [0.25, 0.3) is 0 Å². The van der Waals surface area contributed by atoms with Gasteiger partial charge in [-0.25, -0.2) is 9.37 Å². The normalized spacial score (nSPS) is 16.6. The molecule has 0 fully saturated rings. The minimum absolute atomic E-state index is 0.105. The van der Waals surface area contributed by atoms with E-state index in [9.17, 15) is 13.2 Å². The first-order valence-electron chi connectivity index (χ1n) is 7.20. The molecule has 1 unspecified atom stereocenters. The Morgan fingerprint density at radius 1 is 1.25 bits per heavy atom. The van der Waals surface area contributed by atoms with E-state index in [0.717, 1.165) is 16.2 Å². The Balaban J connectivity index is 1.56. The van der Waals surface area contributed by atoms with Gasteiger partial charge >= 0.3 is 6.08 Å². The molecule has 0 radical (unpaired) electrons. The number of halogens is 3. The maximum Gasteiger partial charge on any atom is 0.301 e. The van der Waals surface area contributed by atoms with E-state index in [2.05, 4.69) is 10.1 Å². The molecule has 1 atom stereocenters. The lowest BCUT2D eigenvalue weighted by molar-refractivity contribution is 0.0857. The van der Waals surface area contributed by atoms with Crippen LogP contribution in [0.2, 0.25) is 0 Å². The lowest BCUT2D eigenvalue weighted by atomic mass is 10.0. The second-order valence-corrected chi connectivity index (χ2v) is 7.37. The first-order valence-corrected chi connectivity index (χ1v) is 9.00. The molecule has 1 aliphatic rings. The molecule has 24 heavy (non-hydrogen) atoms. The van der Waals surface area contributed by atoms with E-state index in [4.69, 9.17) is 4.84 Å². The molecule has 3 nitrogen and oxygen atoms in total. The highest BCUT2D eigenvalue weighted by Crippen LogP contribution is 2.33. The van der Waals surface area contributed by atoms with Gasteiger partial charge in [0.15, 0.2) is 11.9 Å². The van der Waals surface area contributed by atoms with Crippen molar-refractivity contribution in [1.29, 1.82) is 0 Å². The minimum Gasteiger partial charge on any atom is -0.387 e. The van der Waals surface area contributed by atoms with Crippen molar-refractivity contribution in [2.75, 3.05) is 5.75 Å². The van der Waals surface area contributed by atoms with Gasteiger partial charge in [0.25, 0.3) is 0 Å². The molecule has 0 aliphatic carbocycles. The molecule has 0 saturated heterocycles. The van der Waals surface area contributed by atoms with Gasteiger partial charge in [-0.2, -0.15) is 8.78 Å². The maximum atomic E-state index is 12.7. The summed E-state index contributed by atoms with van der Waals surface area (Å²) in [7, 11) is 0. The molecule has 0 spiro atoms. The second kappa shape index (κ2) is 7.85. The van der Waals surface area contributed by atoms with E-state index in [-0.39, 0.29) is 18.3 Å². The van der Waals surface area contributed by atoms with Crippen molar-refractivity contribution >= 4 is 28.8 Å². The van der Waals surface area contributed by atoms with Gasteiger partial charge in [-0.3, -0.25) is 0 Å². The van der Waals surface area contributed by atoms with Crippen molar-refractivity contribution in [1.82, 2.24) is 4.98 Å². The Morgan fingerprint density at radius 2 is 2.04 bits per heavy atom. The van der Waals surface area contributed by atoms with Crippen molar-refractivity contribution < 1.29 is 18.0 Å². The lowest BCUT2D eigenvalue weighted by Crippen LogP contribution is -1.99. The van der Waals surface area contributed by atoms with Crippen LogP contribution in [0.5, 0.6) is 0 Å². The molecular formula is C16H13F3N2OS2. The summed E-state index contributed by atoms with van der Waals surface area (Å²) in [6, 6.07) is 9.82. The summed E-state index contributed by atoms with van der Waals surface area (Å²) in [6.45, 7) is 0. The summed E-state index contributed by atoms with van der Waals surface area (Å²) in [5.74, 6) is -1.15. The topological polar surface area (TPSA) is 34.5 Å². The molecule has 8 heteroatoms. The van der Waals surface area contributed by atoms with Gasteiger partial charge in [0.2, 0.25) is 0 Å². The number of rotatable bonds is 6. The van der Waals surface area contributed by atoms with Crippen LogP contribution in [0.1, 0.15) is 29.4 Å². The Bertz CT molecular complexity index is 758. The van der Waals surface area contributed by atoms with Crippen LogP contribution in [0.15, 0.2) is 57.9 Å². The highest BCUT2D eigenvalue weighted by Gasteiger charge is 2.25. The van der Waals surface area contributed by atoms with Crippen molar-refractivity contribution in [2.45, 2.75) is 23.3 Å². The standard InChI is InChI=1S/C16H13F3N2OS2/c17-11(15(18)19)6-7-23-16-20-9-14(24-16)12-8-13(22-21-12)10-4-2-1-3-5-10/h1-5,9,13H,6-8H2. The van der Waals surface area contributed by atoms with E-state index in [1.807, 2.05) is 30.3 Å². The third-order valence-electron chi connectivity index (χ3n) is 3.36.